The number of nitrogens with one attached hydrogen (secondary N) is 1. The Morgan fingerprint density at radius 2 is 1.93 bits per heavy atom. The first-order valence-electron chi connectivity index (χ1n) is 7.81. The Bertz CT molecular complexity index is 1110. The van der Waals surface area contributed by atoms with Gasteiger partial charge in [0.25, 0.3) is 5.76 Å². The van der Waals surface area contributed by atoms with E-state index < -0.39 is 5.76 Å². The highest BCUT2D eigenvalue weighted by Crippen LogP contribution is 2.32. The third kappa shape index (κ3) is 3.92. The number of halogens is 2. The van der Waals surface area contributed by atoms with Gasteiger partial charge in [0.05, 0.1) is 21.7 Å². The maximum Gasteiger partial charge on any atom is 0.288 e. The van der Waals surface area contributed by atoms with Crippen LogP contribution in [0.5, 0.6) is 0 Å². The van der Waals surface area contributed by atoms with E-state index in [1.165, 1.54) is 23.1 Å². The second-order valence-corrected chi connectivity index (χ2v) is 8.37. The zero-order chi connectivity index (χ0) is 18.8. The molecule has 27 heavy (non-hydrogen) atoms. The lowest BCUT2D eigenvalue weighted by Gasteiger charge is -2.09. The van der Waals surface area contributed by atoms with E-state index in [9.17, 15) is 13.6 Å². The predicted octanol–water partition coefficient (Wildman–Crippen LogP) is 4.99. The zero-order valence-electron chi connectivity index (χ0n) is 13.6. The van der Waals surface area contributed by atoms with Gasteiger partial charge >= 0.3 is 0 Å². The molecule has 4 aromatic rings. The topological polar surface area (TPSA) is 59.3 Å². The Morgan fingerprint density at radius 1 is 1.15 bits per heavy atom. The predicted molar refractivity (Wildman–Crippen MR) is 106 cm³/mol. The number of nitrogens with zero attached hydrogens (tertiary/aromatic N) is 3. The van der Waals surface area contributed by atoms with E-state index in [2.05, 4.69) is 15.5 Å². The average molecular weight is 423 g/mol. The molecule has 0 spiro atoms. The minimum absolute atomic E-state index is 0.0959. The highest BCUT2D eigenvalue weighted by Gasteiger charge is 2.15. The van der Waals surface area contributed by atoms with Crippen molar-refractivity contribution in [2.75, 3.05) is 11.1 Å². The van der Waals surface area contributed by atoms with Gasteiger partial charge in [0, 0.05) is 4.90 Å². The molecule has 138 valence electrons. The van der Waals surface area contributed by atoms with E-state index in [1.807, 2.05) is 28.7 Å². The molecule has 5 nitrogen and oxygen atoms in total. The van der Waals surface area contributed by atoms with E-state index in [-0.39, 0.29) is 11.7 Å². The Labute approximate surface area is 165 Å². The van der Waals surface area contributed by atoms with Crippen molar-refractivity contribution >= 4 is 61.6 Å². The van der Waals surface area contributed by atoms with Gasteiger partial charge < -0.3 is 5.32 Å². The largest absolute Gasteiger partial charge is 0.324 e. The molecule has 0 saturated heterocycles. The number of carbonyl (C=O) groups excluding carboxylic acids is 1. The molecule has 0 radical (unpaired) electrons. The average Bonchev–Trinajstić information content (AvgIpc) is 3.20. The van der Waals surface area contributed by atoms with Crippen LogP contribution in [0.15, 0.2) is 58.6 Å². The lowest BCUT2D eigenvalue weighted by Crippen LogP contribution is -2.15. The third-order valence-electron chi connectivity index (χ3n) is 3.62. The van der Waals surface area contributed by atoms with Gasteiger partial charge in [-0.25, -0.2) is 0 Å². The first-order chi connectivity index (χ1) is 13.1. The maximum absolute atomic E-state index is 12.6. The number of anilines is 1. The molecule has 0 saturated carbocycles. The summed E-state index contributed by atoms with van der Waals surface area (Å²) >= 11 is 3.19. The number of aromatic nitrogens is 3. The first-order valence-corrected chi connectivity index (χ1v) is 10.5. The van der Waals surface area contributed by atoms with Crippen LogP contribution in [-0.2, 0) is 4.79 Å². The van der Waals surface area contributed by atoms with Crippen LogP contribution in [-0.4, -0.2) is 32.0 Å². The maximum atomic E-state index is 12.6. The fourth-order valence-corrected chi connectivity index (χ4v) is 4.90. The van der Waals surface area contributed by atoms with Crippen molar-refractivity contribution in [2.24, 2.45) is 0 Å². The molecular weight excluding hydrogens is 410 g/mol. The van der Waals surface area contributed by atoms with Crippen molar-refractivity contribution < 1.29 is 13.6 Å². The second-order valence-electron chi connectivity index (χ2n) is 5.38. The lowest BCUT2D eigenvalue weighted by molar-refractivity contribution is -0.113. The molecule has 2 heterocycles. The van der Waals surface area contributed by atoms with E-state index >= 15 is 0 Å². The number of benzene rings is 2. The molecule has 0 unspecified atom stereocenters. The Morgan fingerprint density at radius 3 is 2.78 bits per heavy atom. The Kier molecular flexibility index (Phi) is 5.28. The van der Waals surface area contributed by atoms with Crippen LogP contribution < -0.4 is 5.32 Å². The summed E-state index contributed by atoms with van der Waals surface area (Å²) in [5.41, 5.74) is 1.37. The van der Waals surface area contributed by atoms with Gasteiger partial charge in [-0.2, -0.15) is 8.78 Å². The summed E-state index contributed by atoms with van der Waals surface area (Å²) in [7, 11) is 0. The molecule has 0 aliphatic rings. The van der Waals surface area contributed by atoms with Crippen LogP contribution in [0.4, 0.5) is 14.5 Å². The summed E-state index contributed by atoms with van der Waals surface area (Å²) in [6.45, 7) is 0. The highest BCUT2D eigenvalue weighted by molar-refractivity contribution is 8.00. The molecule has 4 rings (SSSR count). The van der Waals surface area contributed by atoms with Gasteiger partial charge in [0.1, 0.15) is 0 Å². The van der Waals surface area contributed by atoms with Gasteiger partial charge in [-0.05, 0) is 24.3 Å². The summed E-state index contributed by atoms with van der Waals surface area (Å²) in [6, 6.07) is 14.4. The molecule has 0 aliphatic carbocycles. The van der Waals surface area contributed by atoms with Crippen LogP contribution in [0.2, 0.25) is 0 Å². The van der Waals surface area contributed by atoms with E-state index in [1.54, 1.807) is 24.3 Å². The zero-order valence-corrected chi connectivity index (χ0v) is 16.1. The summed E-state index contributed by atoms with van der Waals surface area (Å²) in [5, 5.41) is 11.6. The molecular formula is C17H12F2N4OS3. The van der Waals surface area contributed by atoms with Crippen LogP contribution in [0.1, 0.15) is 0 Å². The molecule has 0 bridgehead atoms. The van der Waals surface area contributed by atoms with E-state index in [4.69, 9.17) is 0 Å². The summed E-state index contributed by atoms with van der Waals surface area (Å²) in [6.07, 6.45) is 0. The smallest absolute Gasteiger partial charge is 0.288 e. The molecule has 1 amide bonds. The lowest BCUT2D eigenvalue weighted by atomic mass is 10.3. The number of hydrogen-bond acceptors (Lipinski definition) is 6. The molecule has 10 heteroatoms. The van der Waals surface area contributed by atoms with Crippen molar-refractivity contribution in [2.45, 2.75) is 15.8 Å². The highest BCUT2D eigenvalue weighted by atomic mass is 32.2. The molecule has 2 aromatic carbocycles. The number of thiazole rings is 1. The molecule has 0 aliphatic heterocycles. The van der Waals surface area contributed by atoms with Crippen molar-refractivity contribution in [1.82, 2.24) is 14.6 Å². The second kappa shape index (κ2) is 7.83. The van der Waals surface area contributed by atoms with Gasteiger partial charge in [-0.15, -0.1) is 10.2 Å². The van der Waals surface area contributed by atoms with Crippen molar-refractivity contribution in [3.63, 3.8) is 0 Å². The van der Waals surface area contributed by atoms with Crippen LogP contribution >= 0.6 is 34.9 Å². The van der Waals surface area contributed by atoms with Gasteiger partial charge in [-0.1, -0.05) is 59.1 Å². The number of hydrogen-bond donors (Lipinski definition) is 1. The minimum atomic E-state index is -2.55. The standard InChI is InChI=1S/C17H12F2N4OS3/c18-15(19)26-12-7-3-1-5-10(12)20-14(24)9-25-16-21-22-17-23(16)11-6-2-4-8-13(11)27-17/h1-8,15H,9H2,(H,20,24). The number of carbonyl (C=O) groups is 1. The van der Waals surface area contributed by atoms with Gasteiger partial charge in [-0.3, -0.25) is 9.20 Å². The Hall–Kier alpha value is -2.17. The summed E-state index contributed by atoms with van der Waals surface area (Å²) in [4.78, 5) is 13.4. The quantitative estimate of drug-likeness (QED) is 0.444. The molecule has 1 N–H and O–H groups in total. The Balaban J connectivity index is 1.48. The van der Waals surface area contributed by atoms with E-state index in [0.717, 1.165) is 15.2 Å². The fraction of sp³-hybridized carbons (Fsp3) is 0.118. The van der Waals surface area contributed by atoms with E-state index in [0.29, 0.717) is 27.5 Å². The van der Waals surface area contributed by atoms with Crippen molar-refractivity contribution in [3.05, 3.63) is 48.5 Å². The number of alkyl halides is 2. The molecule has 2 aromatic heterocycles. The summed E-state index contributed by atoms with van der Waals surface area (Å²) in [5.74, 6) is -2.74. The fourth-order valence-electron chi connectivity index (χ4n) is 2.53. The SMILES string of the molecule is O=C(CSc1nnc2sc3ccccc3n12)Nc1ccccc1SC(F)F. The van der Waals surface area contributed by atoms with Crippen LogP contribution in [0.3, 0.4) is 0 Å². The summed E-state index contributed by atoms with van der Waals surface area (Å²) < 4.78 is 28.3. The molecule has 0 fully saturated rings. The molecule has 0 atom stereocenters. The number of amides is 1. The van der Waals surface area contributed by atoms with Gasteiger partial charge in [0.15, 0.2) is 5.16 Å². The minimum Gasteiger partial charge on any atom is -0.324 e. The third-order valence-corrected chi connectivity index (χ3v) is 6.35. The first kappa shape index (κ1) is 18.2. The number of para-hydroxylation sites is 2. The number of rotatable bonds is 6. The van der Waals surface area contributed by atoms with Crippen LogP contribution in [0.25, 0.3) is 15.2 Å². The number of thioether (sulfide) groups is 2. The monoisotopic (exact) mass is 422 g/mol. The van der Waals surface area contributed by atoms with Gasteiger partial charge in [0.2, 0.25) is 10.9 Å². The van der Waals surface area contributed by atoms with Crippen molar-refractivity contribution in [3.8, 4) is 0 Å². The normalized spacial score (nSPS) is 11.5. The van der Waals surface area contributed by atoms with Crippen molar-refractivity contribution in [1.29, 1.82) is 0 Å². The van der Waals surface area contributed by atoms with Crippen LogP contribution in [0, 0.1) is 0 Å². The number of fused-ring (bicyclic) bond motifs is 3.